The summed E-state index contributed by atoms with van der Waals surface area (Å²) in [4.78, 5) is 28.7. The molecule has 0 saturated carbocycles. The first-order chi connectivity index (χ1) is 10.0. The van der Waals surface area contributed by atoms with Crippen molar-refractivity contribution in [1.29, 1.82) is 0 Å². The van der Waals surface area contributed by atoms with Crippen molar-refractivity contribution in [2.45, 2.75) is 30.7 Å². The van der Waals surface area contributed by atoms with Crippen LogP contribution in [0.4, 0.5) is 0 Å². The fourth-order valence-corrected chi connectivity index (χ4v) is 2.81. The van der Waals surface area contributed by atoms with Gasteiger partial charge in [-0.3, -0.25) is 14.2 Å². The van der Waals surface area contributed by atoms with Gasteiger partial charge in [0.15, 0.2) is 5.16 Å². The molecule has 0 spiro atoms. The molecule has 1 heterocycles. The van der Waals surface area contributed by atoms with Gasteiger partial charge in [-0.05, 0) is 25.5 Å². The maximum Gasteiger partial charge on any atom is 0.261 e. The van der Waals surface area contributed by atoms with Crippen molar-refractivity contribution < 1.29 is 4.79 Å². The summed E-state index contributed by atoms with van der Waals surface area (Å²) >= 11 is 1.30. The van der Waals surface area contributed by atoms with E-state index in [0.717, 1.165) is 6.42 Å². The fraction of sp³-hybridized carbons (Fsp3) is 0.400. The molecule has 1 N–H and O–H groups in total. The number of nitrogens with one attached hydrogen (secondary N) is 1. The summed E-state index contributed by atoms with van der Waals surface area (Å²) < 4.78 is 1.50. The predicted molar refractivity (Wildman–Crippen MR) is 85.6 cm³/mol. The Morgan fingerprint density at radius 3 is 2.86 bits per heavy atom. The molecule has 2 aromatic rings. The first-order valence-corrected chi connectivity index (χ1v) is 7.82. The Morgan fingerprint density at radius 2 is 2.14 bits per heavy atom. The van der Waals surface area contributed by atoms with Crippen LogP contribution in [0.1, 0.15) is 20.3 Å². The van der Waals surface area contributed by atoms with Crippen LogP contribution in [0.15, 0.2) is 34.2 Å². The molecule has 6 heteroatoms. The van der Waals surface area contributed by atoms with E-state index < -0.39 is 0 Å². The van der Waals surface area contributed by atoms with E-state index in [1.165, 1.54) is 16.3 Å². The van der Waals surface area contributed by atoms with Crippen LogP contribution in [0.5, 0.6) is 0 Å². The van der Waals surface area contributed by atoms with Crippen molar-refractivity contribution >= 4 is 28.6 Å². The van der Waals surface area contributed by atoms with Crippen molar-refractivity contribution in [3.63, 3.8) is 0 Å². The third kappa shape index (κ3) is 3.44. The van der Waals surface area contributed by atoms with Gasteiger partial charge in [-0.1, -0.05) is 30.8 Å². The maximum atomic E-state index is 12.3. The SMILES string of the molecule is CCCNC(=O)C(C)Sc1nc2ccccc2c(=O)n1C. The number of amides is 1. The van der Waals surface area contributed by atoms with E-state index in [-0.39, 0.29) is 16.7 Å². The van der Waals surface area contributed by atoms with E-state index in [1.54, 1.807) is 13.1 Å². The lowest BCUT2D eigenvalue weighted by molar-refractivity contribution is -0.120. The minimum atomic E-state index is -0.296. The molecule has 1 atom stereocenters. The van der Waals surface area contributed by atoms with Gasteiger partial charge in [0.2, 0.25) is 5.91 Å². The summed E-state index contributed by atoms with van der Waals surface area (Å²) in [5.41, 5.74) is 0.563. The van der Waals surface area contributed by atoms with Crippen LogP contribution >= 0.6 is 11.8 Å². The number of para-hydroxylation sites is 1. The highest BCUT2D eigenvalue weighted by atomic mass is 32.2. The zero-order valence-electron chi connectivity index (χ0n) is 12.4. The summed E-state index contributed by atoms with van der Waals surface area (Å²) in [5, 5.41) is 3.70. The molecule has 0 aliphatic rings. The summed E-state index contributed by atoms with van der Waals surface area (Å²) in [6, 6.07) is 7.23. The number of rotatable bonds is 5. The number of aromatic nitrogens is 2. The number of hydrogen-bond acceptors (Lipinski definition) is 4. The highest BCUT2D eigenvalue weighted by molar-refractivity contribution is 8.00. The number of nitrogens with zero attached hydrogens (tertiary/aromatic N) is 2. The number of thioether (sulfide) groups is 1. The second-order valence-corrected chi connectivity index (χ2v) is 6.13. The first-order valence-electron chi connectivity index (χ1n) is 6.94. The normalized spacial score (nSPS) is 12.3. The third-order valence-electron chi connectivity index (χ3n) is 3.14. The second-order valence-electron chi connectivity index (χ2n) is 4.83. The molecule has 1 unspecified atom stereocenters. The van der Waals surface area contributed by atoms with Gasteiger partial charge in [-0.2, -0.15) is 0 Å². The number of hydrogen-bond donors (Lipinski definition) is 1. The standard InChI is InChI=1S/C15H19N3O2S/c1-4-9-16-13(19)10(2)21-15-17-12-8-6-5-7-11(12)14(20)18(15)3/h5-8,10H,4,9H2,1-3H3,(H,16,19). The Hall–Kier alpha value is -1.82. The molecule has 21 heavy (non-hydrogen) atoms. The molecule has 0 aliphatic carbocycles. The molecular formula is C15H19N3O2S. The molecule has 1 amide bonds. The van der Waals surface area contributed by atoms with E-state index in [4.69, 9.17) is 0 Å². The summed E-state index contributed by atoms with van der Waals surface area (Å²) in [5.74, 6) is -0.0377. The smallest absolute Gasteiger partial charge is 0.261 e. The van der Waals surface area contributed by atoms with E-state index in [0.29, 0.717) is 22.6 Å². The second kappa shape index (κ2) is 6.76. The zero-order valence-corrected chi connectivity index (χ0v) is 13.2. The topological polar surface area (TPSA) is 64.0 Å². The quantitative estimate of drug-likeness (QED) is 0.677. The molecule has 1 aromatic carbocycles. The van der Waals surface area contributed by atoms with Crippen LogP contribution in [-0.2, 0) is 11.8 Å². The lowest BCUT2D eigenvalue weighted by Gasteiger charge is -2.13. The minimum Gasteiger partial charge on any atom is -0.355 e. The van der Waals surface area contributed by atoms with Gasteiger partial charge in [0, 0.05) is 13.6 Å². The monoisotopic (exact) mass is 305 g/mol. The van der Waals surface area contributed by atoms with Crippen LogP contribution < -0.4 is 10.9 Å². The molecule has 0 bridgehead atoms. The first kappa shape index (κ1) is 15.6. The lowest BCUT2D eigenvalue weighted by Crippen LogP contribution is -2.32. The van der Waals surface area contributed by atoms with Crippen molar-refractivity contribution in [3.05, 3.63) is 34.6 Å². The van der Waals surface area contributed by atoms with Crippen LogP contribution in [0.3, 0.4) is 0 Å². The molecule has 112 valence electrons. The minimum absolute atomic E-state index is 0.0377. The van der Waals surface area contributed by atoms with Gasteiger partial charge in [0.05, 0.1) is 16.2 Å². The predicted octanol–water partition coefficient (Wildman–Crippen LogP) is 1.94. The Bertz CT molecular complexity index is 712. The number of benzene rings is 1. The van der Waals surface area contributed by atoms with Gasteiger partial charge in [-0.15, -0.1) is 0 Å². The highest BCUT2D eigenvalue weighted by Gasteiger charge is 2.17. The summed E-state index contributed by atoms with van der Waals surface area (Å²) in [6.07, 6.45) is 0.899. The van der Waals surface area contributed by atoms with Crippen molar-refractivity contribution in [3.8, 4) is 0 Å². The Labute approximate surface area is 127 Å². The summed E-state index contributed by atoms with van der Waals surface area (Å²) in [7, 11) is 1.68. The largest absolute Gasteiger partial charge is 0.355 e. The van der Waals surface area contributed by atoms with Crippen molar-refractivity contribution in [1.82, 2.24) is 14.9 Å². The Balaban J connectivity index is 2.28. The number of fused-ring (bicyclic) bond motifs is 1. The molecule has 5 nitrogen and oxygen atoms in total. The lowest BCUT2D eigenvalue weighted by atomic mass is 10.2. The van der Waals surface area contributed by atoms with E-state index in [2.05, 4.69) is 10.3 Å². The number of carbonyl (C=O) groups excluding carboxylic acids is 1. The molecule has 1 aromatic heterocycles. The molecule has 0 aliphatic heterocycles. The van der Waals surface area contributed by atoms with Gasteiger partial charge < -0.3 is 5.32 Å². The Kier molecular flexibility index (Phi) is 5.01. The Morgan fingerprint density at radius 1 is 1.43 bits per heavy atom. The average molecular weight is 305 g/mol. The van der Waals surface area contributed by atoms with Gasteiger partial charge in [-0.25, -0.2) is 4.98 Å². The van der Waals surface area contributed by atoms with Crippen LogP contribution in [0, 0.1) is 0 Å². The third-order valence-corrected chi connectivity index (χ3v) is 4.29. The van der Waals surface area contributed by atoms with Crippen molar-refractivity contribution in [2.24, 2.45) is 7.05 Å². The van der Waals surface area contributed by atoms with E-state index >= 15 is 0 Å². The van der Waals surface area contributed by atoms with Crippen molar-refractivity contribution in [2.75, 3.05) is 6.54 Å². The fourth-order valence-electron chi connectivity index (χ4n) is 1.91. The van der Waals surface area contributed by atoms with Gasteiger partial charge >= 0.3 is 0 Å². The van der Waals surface area contributed by atoms with E-state index in [1.807, 2.05) is 32.0 Å². The molecular weight excluding hydrogens is 286 g/mol. The molecule has 0 radical (unpaired) electrons. The molecule has 0 fully saturated rings. The van der Waals surface area contributed by atoms with Gasteiger partial charge in [0.1, 0.15) is 0 Å². The molecule has 2 rings (SSSR count). The van der Waals surface area contributed by atoms with E-state index in [9.17, 15) is 9.59 Å². The van der Waals surface area contributed by atoms with Crippen LogP contribution in [0.25, 0.3) is 10.9 Å². The highest BCUT2D eigenvalue weighted by Crippen LogP contribution is 2.21. The summed E-state index contributed by atoms with van der Waals surface area (Å²) in [6.45, 7) is 4.48. The average Bonchev–Trinajstić information content (AvgIpc) is 2.49. The van der Waals surface area contributed by atoms with Crippen LogP contribution in [-0.4, -0.2) is 27.3 Å². The van der Waals surface area contributed by atoms with Gasteiger partial charge in [0.25, 0.3) is 5.56 Å². The van der Waals surface area contributed by atoms with Crippen LogP contribution in [0.2, 0.25) is 0 Å². The molecule has 0 saturated heterocycles. The maximum absolute atomic E-state index is 12.3. The number of carbonyl (C=O) groups is 1. The zero-order chi connectivity index (χ0) is 15.4.